The lowest BCUT2D eigenvalue weighted by molar-refractivity contribution is -0.125. The van der Waals surface area contributed by atoms with Crippen molar-refractivity contribution in [3.05, 3.63) is 112 Å². The van der Waals surface area contributed by atoms with Gasteiger partial charge in [-0.15, -0.1) is 0 Å². The van der Waals surface area contributed by atoms with E-state index in [2.05, 4.69) is 0 Å². The van der Waals surface area contributed by atoms with Crippen molar-refractivity contribution in [3.63, 3.8) is 0 Å². The Labute approximate surface area is 190 Å². The van der Waals surface area contributed by atoms with Crippen LogP contribution in [0.2, 0.25) is 0 Å². The fourth-order valence-electron chi connectivity index (χ4n) is 5.22. The monoisotopic (exact) mass is 436 g/mol. The number of carbonyl (C=O) groups excluding carboxylic acids is 2. The van der Waals surface area contributed by atoms with Crippen molar-refractivity contribution < 1.29 is 24.2 Å². The minimum absolute atomic E-state index is 0.202. The van der Waals surface area contributed by atoms with Crippen molar-refractivity contribution in [3.8, 4) is 11.5 Å². The average Bonchev–Trinajstić information content (AvgIpc) is 3.10. The number of hydrogen-bond acceptors (Lipinski definition) is 5. The van der Waals surface area contributed by atoms with Crippen LogP contribution in [0.1, 0.15) is 38.2 Å². The van der Waals surface area contributed by atoms with Crippen LogP contribution in [-0.4, -0.2) is 16.9 Å². The summed E-state index contributed by atoms with van der Waals surface area (Å²) in [6.45, 7) is 3.75. The smallest absolute Gasteiger partial charge is 0.339 e. The molecule has 0 amide bonds. The van der Waals surface area contributed by atoms with Gasteiger partial charge in [0.05, 0.1) is 5.56 Å². The van der Waals surface area contributed by atoms with Crippen molar-refractivity contribution in [2.24, 2.45) is 5.92 Å². The van der Waals surface area contributed by atoms with Gasteiger partial charge < -0.3 is 14.6 Å². The van der Waals surface area contributed by atoms with Gasteiger partial charge >= 0.3 is 5.97 Å². The molecule has 0 saturated heterocycles. The minimum Gasteiger partial charge on any atom is -0.508 e. The van der Waals surface area contributed by atoms with Crippen LogP contribution in [0.15, 0.2) is 78.6 Å². The maximum atomic E-state index is 13.7. The number of fused-ring (bicyclic) bond motifs is 6. The zero-order valence-electron chi connectivity index (χ0n) is 18.1. The highest BCUT2D eigenvalue weighted by molar-refractivity contribution is 6.07. The van der Waals surface area contributed by atoms with Crippen molar-refractivity contribution in [2.75, 3.05) is 0 Å². The van der Waals surface area contributed by atoms with Gasteiger partial charge in [-0.05, 0) is 66.5 Å². The quantitative estimate of drug-likeness (QED) is 0.545. The van der Waals surface area contributed by atoms with Gasteiger partial charge in [-0.2, -0.15) is 0 Å². The molecule has 0 fully saturated rings. The molecule has 0 radical (unpaired) electrons. The molecule has 1 aliphatic carbocycles. The molecule has 33 heavy (non-hydrogen) atoms. The Hall–Kier alpha value is -4.12. The topological polar surface area (TPSA) is 72.8 Å². The first-order chi connectivity index (χ1) is 15.9. The highest BCUT2D eigenvalue weighted by Crippen LogP contribution is 2.56. The Kier molecular flexibility index (Phi) is 3.96. The van der Waals surface area contributed by atoms with Gasteiger partial charge in [0, 0.05) is 11.1 Å². The average molecular weight is 436 g/mol. The summed E-state index contributed by atoms with van der Waals surface area (Å²) in [4.78, 5) is 26.6. The van der Waals surface area contributed by atoms with Crippen LogP contribution in [0.3, 0.4) is 0 Å². The number of esters is 1. The third kappa shape index (κ3) is 2.53. The Morgan fingerprint density at radius 1 is 0.818 bits per heavy atom. The Morgan fingerprint density at radius 2 is 1.55 bits per heavy atom. The van der Waals surface area contributed by atoms with E-state index in [9.17, 15) is 14.7 Å². The van der Waals surface area contributed by atoms with Crippen molar-refractivity contribution >= 4 is 17.3 Å². The second-order valence-corrected chi connectivity index (χ2v) is 8.63. The van der Waals surface area contributed by atoms with Crippen LogP contribution >= 0.6 is 0 Å². The van der Waals surface area contributed by atoms with Gasteiger partial charge in [0.1, 0.15) is 23.2 Å². The molecule has 1 N–H and O–H groups in total. The number of hydrogen-bond donors (Lipinski definition) is 1. The van der Waals surface area contributed by atoms with E-state index in [-0.39, 0.29) is 11.5 Å². The predicted octanol–water partition coefficient (Wildman–Crippen LogP) is 4.98. The first-order valence-corrected chi connectivity index (χ1v) is 10.8. The van der Waals surface area contributed by atoms with Gasteiger partial charge in [0.15, 0.2) is 11.4 Å². The summed E-state index contributed by atoms with van der Waals surface area (Å²) in [6, 6.07) is 18.0. The molecule has 5 heteroatoms. The molecule has 3 aromatic rings. The molecule has 2 aliphatic heterocycles. The number of carbonyl (C=O) groups is 2. The summed E-state index contributed by atoms with van der Waals surface area (Å²) in [7, 11) is 0. The van der Waals surface area contributed by atoms with Crippen molar-refractivity contribution in [1.29, 1.82) is 0 Å². The lowest BCUT2D eigenvalue weighted by Crippen LogP contribution is -2.47. The lowest BCUT2D eigenvalue weighted by atomic mass is 9.69. The number of ether oxygens (including phenoxy) is 2. The minimum atomic E-state index is -1.28. The second-order valence-electron chi connectivity index (χ2n) is 8.63. The van der Waals surface area contributed by atoms with E-state index in [0.717, 1.165) is 16.7 Å². The number of aromatic hydroxyl groups is 1. The molecule has 0 aromatic heterocycles. The molecule has 2 heterocycles. The number of phenolic OH excluding ortho intramolecular Hbond substituents is 1. The molecule has 2 atom stereocenters. The first kappa shape index (κ1) is 19.6. The maximum Gasteiger partial charge on any atom is 0.339 e. The molecular formula is C28H20O5. The fraction of sp³-hybridized carbons (Fsp3) is 0.143. The van der Waals surface area contributed by atoms with Gasteiger partial charge in [-0.25, -0.2) is 4.79 Å². The summed E-state index contributed by atoms with van der Waals surface area (Å²) in [6.07, 6.45) is 3.43. The lowest BCUT2D eigenvalue weighted by Gasteiger charge is -2.42. The molecule has 5 nitrogen and oxygen atoms in total. The van der Waals surface area contributed by atoms with Crippen LogP contribution in [-0.2, 0) is 15.1 Å². The molecule has 6 rings (SSSR count). The largest absolute Gasteiger partial charge is 0.508 e. The summed E-state index contributed by atoms with van der Waals surface area (Å²) in [5, 5.41) is 10.1. The summed E-state index contributed by atoms with van der Waals surface area (Å²) >= 11 is 0. The highest BCUT2D eigenvalue weighted by atomic mass is 16.6. The molecule has 2 unspecified atom stereocenters. The summed E-state index contributed by atoms with van der Waals surface area (Å²) < 4.78 is 12.3. The summed E-state index contributed by atoms with van der Waals surface area (Å²) in [5.41, 5.74) is 3.67. The van der Waals surface area contributed by atoms with E-state index in [4.69, 9.17) is 9.47 Å². The Bertz CT molecular complexity index is 1440. The zero-order chi connectivity index (χ0) is 22.9. The van der Waals surface area contributed by atoms with Crippen LogP contribution in [0, 0.1) is 19.8 Å². The van der Waals surface area contributed by atoms with Gasteiger partial charge in [0.25, 0.3) is 0 Å². The molecule has 162 valence electrons. The van der Waals surface area contributed by atoms with Crippen LogP contribution in [0.4, 0.5) is 0 Å². The van der Waals surface area contributed by atoms with Crippen LogP contribution in [0.5, 0.6) is 11.5 Å². The number of allylic oxidation sites excluding steroid dienone is 3. The SMILES string of the molecule is Cc1c(O)ccc(C2=CC(=O)C3C(=C2)Oc2ccccc2C32OC(=O)c3ccccc32)c1C. The third-order valence-corrected chi connectivity index (χ3v) is 6.96. The number of benzene rings is 3. The molecule has 0 bridgehead atoms. The Balaban J connectivity index is 1.59. The van der Waals surface area contributed by atoms with Crippen molar-refractivity contribution in [1.82, 2.24) is 0 Å². The van der Waals surface area contributed by atoms with Crippen LogP contribution < -0.4 is 4.74 Å². The van der Waals surface area contributed by atoms with Crippen molar-refractivity contribution in [2.45, 2.75) is 19.4 Å². The molecule has 0 saturated carbocycles. The normalized spacial score (nSPS) is 22.5. The molecule has 1 spiro atoms. The van der Waals surface area contributed by atoms with Gasteiger partial charge in [-0.1, -0.05) is 42.5 Å². The van der Waals surface area contributed by atoms with E-state index < -0.39 is 17.5 Å². The number of phenols is 1. The highest BCUT2D eigenvalue weighted by Gasteiger charge is 2.60. The van der Waals surface area contributed by atoms with E-state index in [0.29, 0.717) is 33.8 Å². The number of ketones is 1. The predicted molar refractivity (Wildman–Crippen MR) is 122 cm³/mol. The molecule has 3 aromatic carbocycles. The fourth-order valence-corrected chi connectivity index (χ4v) is 5.22. The second kappa shape index (κ2) is 6.69. The zero-order valence-corrected chi connectivity index (χ0v) is 18.1. The summed E-state index contributed by atoms with van der Waals surface area (Å²) in [5.74, 6) is -0.285. The standard InChI is InChI=1S/C28H20O5/c1-15-16(2)22(29)12-11-18(15)17-13-23(30)26-25(14-17)32-24-10-6-5-9-21(24)28(26)20-8-4-3-7-19(20)27(31)33-28/h3-14,26,29H,1-2H3. The van der Waals surface area contributed by atoms with E-state index in [1.165, 1.54) is 0 Å². The maximum absolute atomic E-state index is 13.7. The van der Waals surface area contributed by atoms with E-state index in [1.54, 1.807) is 30.3 Å². The van der Waals surface area contributed by atoms with Crippen LogP contribution in [0.25, 0.3) is 5.57 Å². The Morgan fingerprint density at radius 3 is 2.36 bits per heavy atom. The third-order valence-electron chi connectivity index (χ3n) is 6.96. The van der Waals surface area contributed by atoms with E-state index >= 15 is 0 Å². The van der Waals surface area contributed by atoms with Gasteiger partial charge in [0.2, 0.25) is 0 Å². The van der Waals surface area contributed by atoms with Gasteiger partial charge in [-0.3, -0.25) is 4.79 Å². The van der Waals surface area contributed by atoms with E-state index in [1.807, 2.05) is 56.3 Å². The first-order valence-electron chi connectivity index (χ1n) is 10.8. The molecular weight excluding hydrogens is 416 g/mol. The number of rotatable bonds is 1. The molecule has 3 aliphatic rings. The number of para-hydroxylation sites is 1.